The largest absolute Gasteiger partial charge is 0.417 e. The van der Waals surface area contributed by atoms with E-state index < -0.39 is 34.1 Å². The van der Waals surface area contributed by atoms with Crippen molar-refractivity contribution in [2.45, 2.75) is 39.4 Å². The molecule has 10 heteroatoms. The molecule has 32 heavy (non-hydrogen) atoms. The van der Waals surface area contributed by atoms with Crippen molar-refractivity contribution in [2.24, 2.45) is 5.92 Å². The lowest BCUT2D eigenvalue weighted by atomic mass is 10.0. The summed E-state index contributed by atoms with van der Waals surface area (Å²) in [4.78, 5) is 30.7. The molecule has 5 nitrogen and oxygen atoms in total. The molecule has 0 saturated heterocycles. The summed E-state index contributed by atoms with van der Waals surface area (Å²) in [6.07, 6.45) is -3.81. The van der Waals surface area contributed by atoms with E-state index in [4.69, 9.17) is 11.6 Å². The van der Waals surface area contributed by atoms with E-state index in [0.717, 1.165) is 6.42 Å². The molecule has 0 unspecified atom stereocenters. The number of nitrogens with zero attached hydrogens (tertiary/aromatic N) is 2. The van der Waals surface area contributed by atoms with E-state index in [2.05, 4.69) is 10.3 Å². The van der Waals surface area contributed by atoms with E-state index in [0.29, 0.717) is 29.8 Å². The van der Waals surface area contributed by atoms with Crippen molar-refractivity contribution in [3.8, 4) is 0 Å². The average Bonchev–Trinajstić information content (AvgIpc) is 2.73. The van der Waals surface area contributed by atoms with Crippen LogP contribution in [0.25, 0.3) is 0 Å². The highest BCUT2D eigenvalue weighted by Gasteiger charge is 2.38. The maximum Gasteiger partial charge on any atom is 0.417 e. The number of hydrogen-bond acceptors (Lipinski definition) is 3. The zero-order valence-corrected chi connectivity index (χ0v) is 18.3. The fraction of sp³-hybridized carbons (Fsp3) is 0.409. The van der Waals surface area contributed by atoms with Crippen LogP contribution in [0.3, 0.4) is 0 Å². The number of alkyl halides is 3. The van der Waals surface area contributed by atoms with E-state index in [1.54, 1.807) is 6.07 Å². The second-order valence-electron chi connectivity index (χ2n) is 8.03. The summed E-state index contributed by atoms with van der Waals surface area (Å²) in [5.41, 5.74) is -0.594. The molecule has 1 aliphatic heterocycles. The molecule has 2 heterocycles. The van der Waals surface area contributed by atoms with Crippen LogP contribution < -0.4 is 5.32 Å². The predicted molar refractivity (Wildman–Crippen MR) is 111 cm³/mol. The van der Waals surface area contributed by atoms with Crippen molar-refractivity contribution in [3.63, 3.8) is 0 Å². The third kappa shape index (κ3) is 5.38. The van der Waals surface area contributed by atoms with Gasteiger partial charge < -0.3 is 10.2 Å². The van der Waals surface area contributed by atoms with E-state index in [9.17, 15) is 27.2 Å². The van der Waals surface area contributed by atoms with Gasteiger partial charge in [0.25, 0.3) is 11.8 Å². The summed E-state index contributed by atoms with van der Waals surface area (Å²) in [6.45, 7) is 4.74. The highest BCUT2D eigenvalue weighted by Crippen LogP contribution is 2.35. The zero-order chi connectivity index (χ0) is 23.6. The van der Waals surface area contributed by atoms with Crippen LogP contribution in [0.5, 0.6) is 0 Å². The predicted octanol–water partition coefficient (Wildman–Crippen LogP) is 4.87. The molecule has 1 aromatic carbocycles. The first-order chi connectivity index (χ1) is 15.0. The minimum atomic E-state index is -4.91. The van der Waals surface area contributed by atoms with Crippen molar-refractivity contribution in [3.05, 3.63) is 63.2 Å². The maximum absolute atomic E-state index is 13.6. The van der Waals surface area contributed by atoms with Gasteiger partial charge >= 0.3 is 6.18 Å². The number of halogens is 5. The Balaban J connectivity index is 1.78. The minimum Gasteiger partial charge on any atom is -0.351 e. The second kappa shape index (κ2) is 9.44. The van der Waals surface area contributed by atoms with Gasteiger partial charge in [-0.1, -0.05) is 31.5 Å². The normalized spacial score (nSPS) is 13.8. The summed E-state index contributed by atoms with van der Waals surface area (Å²) >= 11 is 5.64. The van der Waals surface area contributed by atoms with Crippen molar-refractivity contribution in [1.82, 2.24) is 15.2 Å². The van der Waals surface area contributed by atoms with Crippen LogP contribution in [0.1, 0.15) is 57.9 Å². The van der Waals surface area contributed by atoms with Crippen LogP contribution in [0.4, 0.5) is 17.6 Å². The molecule has 1 N–H and O–H groups in total. The standard InChI is InChI=1S/C22H22ClF4N3O2/c1-12(2)5-7-28-20(31)19-4-3-13-11-30(8-6-18(13)29-19)21(32)14-9-16(23)17(24)10-15(14)22(25,26)27/h3-4,9-10,12H,5-8,11H2,1-2H3,(H,28,31). The lowest BCUT2D eigenvalue weighted by Gasteiger charge is -2.29. The molecule has 3 rings (SSSR count). The second-order valence-corrected chi connectivity index (χ2v) is 8.43. The van der Waals surface area contributed by atoms with E-state index in [-0.39, 0.29) is 37.2 Å². The highest BCUT2D eigenvalue weighted by molar-refractivity contribution is 6.31. The molecule has 0 radical (unpaired) electrons. The lowest BCUT2D eigenvalue weighted by molar-refractivity contribution is -0.138. The number of benzene rings is 1. The Labute approximate surface area is 187 Å². The van der Waals surface area contributed by atoms with Gasteiger partial charge in [-0.25, -0.2) is 9.37 Å². The number of aromatic nitrogens is 1. The van der Waals surface area contributed by atoms with Gasteiger partial charge in [0.05, 0.1) is 16.1 Å². The van der Waals surface area contributed by atoms with Crippen molar-refractivity contribution in [1.29, 1.82) is 0 Å². The van der Waals surface area contributed by atoms with Gasteiger partial charge in [-0.05, 0) is 36.1 Å². The van der Waals surface area contributed by atoms with Crippen LogP contribution in [-0.2, 0) is 19.1 Å². The van der Waals surface area contributed by atoms with Crippen molar-refractivity contribution in [2.75, 3.05) is 13.1 Å². The van der Waals surface area contributed by atoms with Gasteiger partial charge in [0.15, 0.2) is 0 Å². The molecular weight excluding hydrogens is 450 g/mol. The first-order valence-corrected chi connectivity index (χ1v) is 10.5. The molecule has 0 fully saturated rings. The zero-order valence-electron chi connectivity index (χ0n) is 17.5. The molecule has 0 saturated carbocycles. The number of pyridine rings is 1. The lowest BCUT2D eigenvalue weighted by Crippen LogP contribution is -2.37. The molecular formula is C22H22ClF4N3O2. The number of amides is 2. The minimum absolute atomic E-state index is 0.0166. The van der Waals surface area contributed by atoms with E-state index in [1.165, 1.54) is 11.0 Å². The average molecular weight is 472 g/mol. The molecule has 1 aliphatic rings. The third-order valence-electron chi connectivity index (χ3n) is 5.17. The maximum atomic E-state index is 13.6. The Morgan fingerprint density at radius 1 is 1.25 bits per heavy atom. The fourth-order valence-electron chi connectivity index (χ4n) is 3.41. The van der Waals surface area contributed by atoms with Gasteiger partial charge in [-0.3, -0.25) is 9.59 Å². The van der Waals surface area contributed by atoms with Gasteiger partial charge in [0, 0.05) is 31.7 Å². The van der Waals surface area contributed by atoms with E-state index >= 15 is 0 Å². The molecule has 0 atom stereocenters. The van der Waals surface area contributed by atoms with Crippen LogP contribution in [0, 0.1) is 11.7 Å². The van der Waals surface area contributed by atoms with Gasteiger partial charge in [0.2, 0.25) is 0 Å². The summed E-state index contributed by atoms with van der Waals surface area (Å²) in [5, 5.41) is 2.24. The molecule has 1 aromatic heterocycles. The first-order valence-electron chi connectivity index (χ1n) is 10.1. The third-order valence-corrected chi connectivity index (χ3v) is 5.46. The molecule has 172 valence electrons. The molecule has 2 aromatic rings. The Morgan fingerprint density at radius 2 is 1.97 bits per heavy atom. The van der Waals surface area contributed by atoms with Crippen LogP contribution in [0.2, 0.25) is 5.02 Å². The van der Waals surface area contributed by atoms with Crippen LogP contribution in [0.15, 0.2) is 24.3 Å². The quantitative estimate of drug-likeness (QED) is 0.633. The van der Waals surface area contributed by atoms with Gasteiger partial charge in [0.1, 0.15) is 11.5 Å². The topological polar surface area (TPSA) is 62.3 Å². The number of fused-ring (bicyclic) bond motifs is 1. The highest BCUT2D eigenvalue weighted by atomic mass is 35.5. The Bertz CT molecular complexity index is 1040. The summed E-state index contributed by atoms with van der Waals surface area (Å²) in [6, 6.07) is 4.11. The van der Waals surface area contributed by atoms with Crippen molar-refractivity contribution >= 4 is 23.4 Å². The smallest absolute Gasteiger partial charge is 0.351 e. The molecule has 0 bridgehead atoms. The number of rotatable bonds is 5. The fourth-order valence-corrected chi connectivity index (χ4v) is 3.57. The summed E-state index contributed by atoms with van der Waals surface area (Å²) in [5.74, 6) is -2.00. The Morgan fingerprint density at radius 3 is 2.62 bits per heavy atom. The SMILES string of the molecule is CC(C)CCNC(=O)c1ccc2c(n1)CCN(C(=O)c1cc(Cl)c(F)cc1C(F)(F)F)C2. The molecule has 0 spiro atoms. The monoisotopic (exact) mass is 471 g/mol. The summed E-state index contributed by atoms with van der Waals surface area (Å²) in [7, 11) is 0. The van der Waals surface area contributed by atoms with Gasteiger partial charge in [-0.2, -0.15) is 13.2 Å². The molecule has 0 aliphatic carbocycles. The number of carbonyl (C=O) groups is 2. The van der Waals surface area contributed by atoms with Crippen LogP contribution in [-0.4, -0.2) is 34.8 Å². The Hall–Kier alpha value is -2.68. The number of carbonyl (C=O) groups excluding carboxylic acids is 2. The number of hydrogen-bond donors (Lipinski definition) is 1. The van der Waals surface area contributed by atoms with E-state index in [1.807, 2.05) is 13.8 Å². The van der Waals surface area contributed by atoms with Crippen LogP contribution >= 0.6 is 11.6 Å². The van der Waals surface area contributed by atoms with Crippen molar-refractivity contribution < 1.29 is 27.2 Å². The molecule has 2 amide bonds. The first kappa shape index (κ1) is 24.0. The number of nitrogens with one attached hydrogen (secondary N) is 1. The van der Waals surface area contributed by atoms with Gasteiger partial charge in [-0.15, -0.1) is 0 Å². The Kier molecular flexibility index (Phi) is 7.07. The summed E-state index contributed by atoms with van der Waals surface area (Å²) < 4.78 is 53.7.